The van der Waals surface area contributed by atoms with Crippen LogP contribution >= 0.6 is 0 Å². The van der Waals surface area contributed by atoms with E-state index in [1.807, 2.05) is 44.3 Å². The Bertz CT molecular complexity index is 980. The first kappa shape index (κ1) is 20.5. The van der Waals surface area contributed by atoms with E-state index in [4.69, 9.17) is 14.9 Å². The topological polar surface area (TPSA) is 71.3 Å². The molecule has 3 N–H and O–H groups in total. The van der Waals surface area contributed by atoms with Crippen molar-refractivity contribution in [1.82, 2.24) is 9.88 Å². The van der Waals surface area contributed by atoms with E-state index in [2.05, 4.69) is 39.6 Å². The highest BCUT2D eigenvalue weighted by molar-refractivity contribution is 6.07. The maximum Gasteiger partial charge on any atom is 0.129 e. The Hall–Kier alpha value is -3.25. The molecule has 0 saturated heterocycles. The number of ether oxygens (including phenoxy) is 2. The van der Waals surface area contributed by atoms with Crippen molar-refractivity contribution in [1.29, 1.82) is 5.41 Å². The molecule has 0 aliphatic heterocycles. The first-order valence-electron chi connectivity index (χ1n) is 9.56. The average molecular weight is 393 g/mol. The van der Waals surface area contributed by atoms with Gasteiger partial charge in [-0.15, -0.1) is 0 Å². The van der Waals surface area contributed by atoms with Gasteiger partial charge >= 0.3 is 0 Å². The summed E-state index contributed by atoms with van der Waals surface area (Å²) in [6, 6.07) is 16.2. The van der Waals surface area contributed by atoms with Gasteiger partial charge in [-0.3, -0.25) is 5.41 Å². The molecule has 0 bridgehead atoms. The zero-order valence-corrected chi connectivity index (χ0v) is 17.4. The molecule has 0 radical (unpaired) electrons. The van der Waals surface area contributed by atoms with Crippen LogP contribution in [0.1, 0.15) is 11.1 Å². The van der Waals surface area contributed by atoms with E-state index < -0.39 is 0 Å². The Morgan fingerprint density at radius 3 is 2.48 bits per heavy atom. The maximum atomic E-state index is 8.68. The van der Waals surface area contributed by atoms with Gasteiger partial charge in [-0.25, -0.2) is 0 Å². The van der Waals surface area contributed by atoms with Gasteiger partial charge in [0.15, 0.2) is 0 Å². The van der Waals surface area contributed by atoms with Crippen molar-refractivity contribution in [2.45, 2.75) is 6.92 Å². The molecule has 29 heavy (non-hydrogen) atoms. The van der Waals surface area contributed by atoms with Crippen LogP contribution < -0.4 is 15.4 Å². The lowest BCUT2D eigenvalue weighted by molar-refractivity contribution is 0.204. The van der Waals surface area contributed by atoms with Crippen LogP contribution in [-0.2, 0) is 4.74 Å². The van der Waals surface area contributed by atoms with Crippen molar-refractivity contribution in [3.63, 3.8) is 0 Å². The molecule has 3 aromatic rings. The summed E-state index contributed by atoms with van der Waals surface area (Å²) in [5, 5.41) is 15.1. The Morgan fingerprint density at radius 1 is 1.10 bits per heavy atom. The fourth-order valence-corrected chi connectivity index (χ4v) is 3.42. The second-order valence-corrected chi connectivity index (χ2v) is 6.70. The number of nitrogens with zero attached hydrogens (tertiary/aromatic N) is 1. The number of nitrogens with one attached hydrogen (secondary N) is 3. The molecule has 3 rings (SSSR count). The molecule has 0 atom stereocenters. The Balaban J connectivity index is 2.15. The quantitative estimate of drug-likeness (QED) is 0.307. The molecule has 6 heteroatoms. The van der Waals surface area contributed by atoms with Crippen molar-refractivity contribution in [3.8, 4) is 22.6 Å². The van der Waals surface area contributed by atoms with Crippen LogP contribution in [0.3, 0.4) is 0 Å². The van der Waals surface area contributed by atoms with E-state index in [1.54, 1.807) is 14.2 Å². The van der Waals surface area contributed by atoms with E-state index in [0.717, 1.165) is 39.5 Å². The second-order valence-electron chi connectivity index (χ2n) is 6.70. The molecular weight excluding hydrogens is 364 g/mol. The van der Waals surface area contributed by atoms with Gasteiger partial charge < -0.3 is 24.7 Å². The van der Waals surface area contributed by atoms with Crippen LogP contribution in [0.5, 0.6) is 5.75 Å². The number of hydrogen-bond acceptors (Lipinski definition) is 4. The molecule has 2 aromatic carbocycles. The minimum atomic E-state index is 0.356. The molecule has 0 aliphatic carbocycles. The van der Waals surface area contributed by atoms with Gasteiger partial charge in [-0.2, -0.15) is 0 Å². The first-order valence-corrected chi connectivity index (χ1v) is 9.56. The molecule has 0 unspecified atom stereocenters. The van der Waals surface area contributed by atoms with Gasteiger partial charge in [0.1, 0.15) is 17.4 Å². The Morgan fingerprint density at radius 2 is 1.86 bits per heavy atom. The monoisotopic (exact) mass is 392 g/mol. The summed E-state index contributed by atoms with van der Waals surface area (Å²) in [7, 11) is 5.21. The van der Waals surface area contributed by atoms with Crippen LogP contribution in [0.25, 0.3) is 16.8 Å². The lowest BCUT2D eigenvalue weighted by Crippen LogP contribution is -2.27. The third-order valence-corrected chi connectivity index (χ3v) is 4.84. The lowest BCUT2D eigenvalue weighted by Gasteiger charge is -2.14. The van der Waals surface area contributed by atoms with Gasteiger partial charge in [0.2, 0.25) is 0 Å². The smallest absolute Gasteiger partial charge is 0.129 e. The van der Waals surface area contributed by atoms with Gasteiger partial charge in [0, 0.05) is 38.1 Å². The first-order chi connectivity index (χ1) is 14.1. The molecule has 0 fully saturated rings. The van der Waals surface area contributed by atoms with Crippen LogP contribution in [0.2, 0.25) is 0 Å². The molecule has 152 valence electrons. The zero-order chi connectivity index (χ0) is 20.8. The molecule has 0 saturated carbocycles. The number of rotatable bonds is 8. The summed E-state index contributed by atoms with van der Waals surface area (Å²) >= 11 is 0. The minimum Gasteiger partial charge on any atom is -0.496 e. The summed E-state index contributed by atoms with van der Waals surface area (Å²) in [4.78, 5) is 0. The van der Waals surface area contributed by atoms with Crippen LogP contribution in [-0.4, -0.2) is 44.8 Å². The fraction of sp³-hybridized carbons (Fsp3) is 0.261. The summed E-state index contributed by atoms with van der Waals surface area (Å²) in [6.45, 7) is 3.13. The number of aryl methyl sites for hydroxylation is 1. The number of hydrogen-bond donors (Lipinski definition) is 3. The molecule has 1 aromatic heterocycles. The highest BCUT2D eigenvalue weighted by atomic mass is 16.5. The van der Waals surface area contributed by atoms with E-state index in [9.17, 15) is 0 Å². The van der Waals surface area contributed by atoms with Crippen molar-refractivity contribution < 1.29 is 9.47 Å². The molecule has 1 heterocycles. The SMILES string of the molecule is CNc1c(C(=N)NCCOC)c(-c2ccccc2)cn1-c1ccc(OC)c(C)c1. The van der Waals surface area contributed by atoms with Gasteiger partial charge in [-0.1, -0.05) is 30.3 Å². The summed E-state index contributed by atoms with van der Waals surface area (Å²) < 4.78 is 12.6. The standard InChI is InChI=1S/C23H28N4O2/c1-16-14-18(10-11-20(16)29-4)27-15-19(17-8-6-5-7-9-17)21(23(27)25-2)22(24)26-12-13-28-3/h5-11,14-15,25H,12-13H2,1-4H3,(H2,24,26). The molecule has 6 nitrogen and oxygen atoms in total. The summed E-state index contributed by atoms with van der Waals surface area (Å²) in [6.07, 6.45) is 2.07. The van der Waals surface area contributed by atoms with E-state index in [-0.39, 0.29) is 0 Å². The number of amidine groups is 1. The maximum absolute atomic E-state index is 8.68. The van der Waals surface area contributed by atoms with Crippen molar-refractivity contribution in [3.05, 3.63) is 65.9 Å². The number of benzene rings is 2. The summed E-state index contributed by atoms with van der Waals surface area (Å²) in [5.41, 5.74) is 4.92. The third kappa shape index (κ3) is 4.27. The van der Waals surface area contributed by atoms with Gasteiger partial charge in [-0.05, 0) is 36.2 Å². The zero-order valence-electron chi connectivity index (χ0n) is 17.4. The second kappa shape index (κ2) is 9.30. The normalized spacial score (nSPS) is 10.6. The molecule has 0 amide bonds. The van der Waals surface area contributed by atoms with Gasteiger partial charge in [0.25, 0.3) is 0 Å². The number of methoxy groups -OCH3 is 2. The summed E-state index contributed by atoms with van der Waals surface area (Å²) in [5.74, 6) is 2.06. The highest BCUT2D eigenvalue weighted by Crippen LogP contribution is 2.34. The van der Waals surface area contributed by atoms with E-state index in [1.165, 1.54) is 0 Å². The Labute approximate surface area is 172 Å². The number of aromatic nitrogens is 1. The predicted octanol–water partition coefficient (Wildman–Crippen LogP) is 4.06. The Kier molecular flexibility index (Phi) is 6.57. The highest BCUT2D eigenvalue weighted by Gasteiger charge is 2.21. The van der Waals surface area contributed by atoms with Crippen LogP contribution in [0.4, 0.5) is 5.82 Å². The molecule has 0 aliphatic rings. The van der Waals surface area contributed by atoms with E-state index in [0.29, 0.717) is 19.0 Å². The fourth-order valence-electron chi connectivity index (χ4n) is 3.42. The van der Waals surface area contributed by atoms with Crippen molar-refractivity contribution >= 4 is 11.7 Å². The molecule has 0 spiro atoms. The van der Waals surface area contributed by atoms with Crippen LogP contribution in [0, 0.1) is 12.3 Å². The van der Waals surface area contributed by atoms with Crippen molar-refractivity contribution in [2.75, 3.05) is 39.7 Å². The predicted molar refractivity (Wildman–Crippen MR) is 119 cm³/mol. The largest absolute Gasteiger partial charge is 0.496 e. The average Bonchev–Trinajstić information content (AvgIpc) is 3.14. The van der Waals surface area contributed by atoms with Crippen molar-refractivity contribution in [2.24, 2.45) is 0 Å². The molecular formula is C23H28N4O2. The van der Waals surface area contributed by atoms with Gasteiger partial charge in [0.05, 0.1) is 19.3 Å². The lowest BCUT2D eigenvalue weighted by atomic mass is 10.0. The van der Waals surface area contributed by atoms with E-state index >= 15 is 0 Å². The third-order valence-electron chi connectivity index (χ3n) is 4.84. The van der Waals surface area contributed by atoms with Crippen LogP contribution in [0.15, 0.2) is 54.7 Å². The number of anilines is 1. The minimum absolute atomic E-state index is 0.356.